The number of imide groups is 1. The molecule has 256 valence electrons. The first-order valence-corrected chi connectivity index (χ1v) is 16.7. The molecule has 17 heteroatoms. The second-order valence-corrected chi connectivity index (χ2v) is 13.5. The number of aromatic nitrogens is 2. The maximum atomic E-state index is 15.4. The minimum absolute atomic E-state index is 0.0622. The van der Waals surface area contributed by atoms with Gasteiger partial charge in [-0.25, -0.2) is 17.8 Å². The predicted molar refractivity (Wildman–Crippen MR) is 178 cm³/mol. The summed E-state index contributed by atoms with van der Waals surface area (Å²) in [7, 11) is -2.64. The highest BCUT2D eigenvalue weighted by molar-refractivity contribution is 7.92. The number of hydrogen-bond acceptors (Lipinski definition) is 9. The summed E-state index contributed by atoms with van der Waals surface area (Å²) in [5.41, 5.74) is 1.89. The molecular weight excluding hydrogens is 676 g/mol. The lowest BCUT2D eigenvalue weighted by atomic mass is 9.93. The molecule has 1 unspecified atom stereocenters. The molecule has 5 N–H and O–H groups in total. The first-order chi connectivity index (χ1) is 23.8. The van der Waals surface area contributed by atoms with Crippen molar-refractivity contribution in [2.75, 3.05) is 21.5 Å². The monoisotopic (exact) mass is 703 g/mol. The van der Waals surface area contributed by atoms with Crippen LogP contribution in [0.5, 0.6) is 5.75 Å². The Morgan fingerprint density at radius 2 is 1.76 bits per heavy atom. The molecule has 0 saturated carbocycles. The van der Waals surface area contributed by atoms with Gasteiger partial charge in [-0.05, 0) is 72.0 Å². The zero-order chi connectivity index (χ0) is 35.5. The number of carbonyl (C=O) groups is 4. The van der Waals surface area contributed by atoms with E-state index in [1.54, 1.807) is 40.7 Å². The highest BCUT2D eigenvalue weighted by atomic mass is 32.2. The molecule has 0 aliphatic carbocycles. The van der Waals surface area contributed by atoms with Gasteiger partial charge in [-0.3, -0.25) is 29.2 Å². The summed E-state index contributed by atoms with van der Waals surface area (Å²) < 4.78 is 58.7. The molecular formula is C33H27F2N7O7S. The number of fused-ring (bicyclic) bond motifs is 2. The van der Waals surface area contributed by atoms with Crippen LogP contribution in [0, 0.1) is 11.6 Å². The number of piperidine rings is 1. The van der Waals surface area contributed by atoms with Crippen molar-refractivity contribution in [3.8, 4) is 5.75 Å². The minimum Gasteiger partial charge on any atom is -0.506 e. The lowest BCUT2D eigenvalue weighted by molar-refractivity contribution is -0.134. The van der Waals surface area contributed by atoms with E-state index in [0.717, 1.165) is 11.5 Å². The zero-order valence-corrected chi connectivity index (χ0v) is 26.9. The molecule has 1 aromatic heterocycles. The van der Waals surface area contributed by atoms with Gasteiger partial charge in [0.05, 0.1) is 29.2 Å². The van der Waals surface area contributed by atoms with Crippen LogP contribution in [-0.4, -0.2) is 53.5 Å². The van der Waals surface area contributed by atoms with Crippen LogP contribution in [-0.2, 0) is 42.9 Å². The summed E-state index contributed by atoms with van der Waals surface area (Å²) in [5.74, 6) is -5.05. The number of phenols is 1. The van der Waals surface area contributed by atoms with Crippen LogP contribution < -0.4 is 25.0 Å². The molecule has 7 rings (SSSR count). The van der Waals surface area contributed by atoms with Crippen molar-refractivity contribution in [1.82, 2.24) is 19.8 Å². The lowest BCUT2D eigenvalue weighted by Crippen LogP contribution is -2.39. The van der Waals surface area contributed by atoms with Crippen molar-refractivity contribution in [3.05, 3.63) is 83.6 Å². The molecule has 0 bridgehead atoms. The Morgan fingerprint density at radius 3 is 2.48 bits per heavy atom. The van der Waals surface area contributed by atoms with Crippen LogP contribution in [0.25, 0.3) is 21.7 Å². The number of nitrogens with zero attached hydrogens (tertiary/aromatic N) is 3. The fourth-order valence-electron chi connectivity index (χ4n) is 6.19. The maximum absolute atomic E-state index is 15.4. The van der Waals surface area contributed by atoms with E-state index in [0.29, 0.717) is 33.2 Å². The number of benzene rings is 4. The van der Waals surface area contributed by atoms with Crippen LogP contribution >= 0.6 is 0 Å². The molecule has 2 aliphatic rings. The van der Waals surface area contributed by atoms with E-state index >= 15 is 8.78 Å². The highest BCUT2D eigenvalue weighted by Crippen LogP contribution is 2.39. The molecule has 50 heavy (non-hydrogen) atoms. The van der Waals surface area contributed by atoms with E-state index in [4.69, 9.17) is 0 Å². The first kappa shape index (κ1) is 32.4. The fourth-order valence-corrected chi connectivity index (χ4v) is 7.35. The van der Waals surface area contributed by atoms with Crippen molar-refractivity contribution < 1.29 is 41.5 Å². The van der Waals surface area contributed by atoms with Crippen molar-refractivity contribution >= 4 is 78.3 Å². The van der Waals surface area contributed by atoms with E-state index in [1.165, 1.54) is 30.3 Å². The Bertz CT molecular complexity index is 2420. The maximum Gasteiger partial charge on any atom is 0.326 e. The van der Waals surface area contributed by atoms with E-state index in [1.807, 2.05) is 0 Å². The SMILES string of the molecule is Cn1nc(C2CCC(=O)NC2=O)c2ccc(Nc3ccc(CC(=O)Nc4ccc5c(F)c(N6CC(=O)NS6(=O)=O)c(O)cc5c4)cc3F)cc21. The van der Waals surface area contributed by atoms with Gasteiger partial charge >= 0.3 is 10.2 Å². The Hall–Kier alpha value is -6.10. The molecule has 5 aromatic rings. The van der Waals surface area contributed by atoms with Gasteiger partial charge in [0.1, 0.15) is 23.8 Å². The summed E-state index contributed by atoms with van der Waals surface area (Å²) in [4.78, 5) is 48.4. The Morgan fingerprint density at radius 1 is 1.00 bits per heavy atom. The number of phenolic OH excluding ortho intramolecular Hbond substituents is 1. The third-order valence-corrected chi connectivity index (χ3v) is 9.89. The Labute approximate surface area is 282 Å². The highest BCUT2D eigenvalue weighted by Gasteiger charge is 2.38. The average Bonchev–Trinajstić information content (AvgIpc) is 3.51. The van der Waals surface area contributed by atoms with Crippen molar-refractivity contribution in [2.45, 2.75) is 25.2 Å². The molecule has 3 heterocycles. The number of amides is 4. The summed E-state index contributed by atoms with van der Waals surface area (Å²) in [6.45, 7) is -0.694. The van der Waals surface area contributed by atoms with Crippen LogP contribution in [0.15, 0.2) is 60.7 Å². The number of carbonyl (C=O) groups excluding carboxylic acids is 4. The van der Waals surface area contributed by atoms with Gasteiger partial charge in [0.2, 0.25) is 17.7 Å². The molecule has 2 fully saturated rings. The zero-order valence-electron chi connectivity index (χ0n) is 26.1. The third-order valence-electron chi connectivity index (χ3n) is 8.51. The minimum atomic E-state index is -4.37. The largest absolute Gasteiger partial charge is 0.506 e. The molecule has 0 spiro atoms. The van der Waals surface area contributed by atoms with E-state index in [9.17, 15) is 32.7 Å². The molecule has 4 aromatic carbocycles. The Balaban J connectivity index is 1.03. The second kappa shape index (κ2) is 12.1. The van der Waals surface area contributed by atoms with Crippen molar-refractivity contribution in [3.63, 3.8) is 0 Å². The molecule has 2 aliphatic heterocycles. The smallest absolute Gasteiger partial charge is 0.326 e. The van der Waals surface area contributed by atoms with E-state index < -0.39 is 63.5 Å². The average molecular weight is 704 g/mol. The second-order valence-electron chi connectivity index (χ2n) is 11.9. The first-order valence-electron chi connectivity index (χ1n) is 15.2. The summed E-state index contributed by atoms with van der Waals surface area (Å²) >= 11 is 0. The standard InChI is InChI=1S/C33H27F2N7O7S/c1-41-25-14-19(4-6-21(25)31(39-41)22-7-9-27(44)38-33(22)47)36-24-8-2-16(10-23(24)34)11-28(45)37-18-3-5-20-17(12-18)13-26(43)32(30(20)35)42-15-29(46)40-50(42,48)49/h2-6,8,10,12-14,22,36,43H,7,9,11,15H2,1H3,(H,37,45)(H,40,46)(H,38,44,47). The summed E-state index contributed by atoms with van der Waals surface area (Å²) in [6, 6.07) is 14.7. The summed E-state index contributed by atoms with van der Waals surface area (Å²) in [5, 5.41) is 23.8. The van der Waals surface area contributed by atoms with Crippen LogP contribution in [0.3, 0.4) is 0 Å². The van der Waals surface area contributed by atoms with Crippen molar-refractivity contribution in [1.29, 1.82) is 0 Å². The van der Waals surface area contributed by atoms with Crippen molar-refractivity contribution in [2.24, 2.45) is 7.05 Å². The molecule has 2 saturated heterocycles. The third kappa shape index (κ3) is 5.91. The van der Waals surface area contributed by atoms with Gasteiger partial charge in [-0.2, -0.15) is 13.5 Å². The fraction of sp³-hybridized carbons (Fsp3) is 0.182. The summed E-state index contributed by atoms with van der Waals surface area (Å²) in [6.07, 6.45) is 0.381. The Kier molecular flexibility index (Phi) is 7.85. The quantitative estimate of drug-likeness (QED) is 0.158. The van der Waals surface area contributed by atoms with Gasteiger partial charge in [0.25, 0.3) is 5.91 Å². The molecule has 0 radical (unpaired) electrons. The van der Waals surface area contributed by atoms with Gasteiger partial charge < -0.3 is 15.7 Å². The number of hydrogen-bond donors (Lipinski definition) is 5. The topological polar surface area (TPSA) is 192 Å². The lowest BCUT2D eigenvalue weighted by Gasteiger charge is -2.19. The van der Waals surface area contributed by atoms with Gasteiger partial charge in [0, 0.05) is 35.6 Å². The van der Waals surface area contributed by atoms with Crippen LogP contribution in [0.2, 0.25) is 0 Å². The number of anilines is 4. The molecule has 1 atom stereocenters. The number of aromatic hydroxyl groups is 1. The van der Waals surface area contributed by atoms with E-state index in [-0.39, 0.29) is 40.9 Å². The van der Waals surface area contributed by atoms with Crippen LogP contribution in [0.4, 0.5) is 31.5 Å². The molecule has 14 nitrogen and oxygen atoms in total. The van der Waals surface area contributed by atoms with Gasteiger partial charge in [-0.1, -0.05) is 6.07 Å². The normalized spacial score (nSPS) is 17.2. The number of rotatable bonds is 7. The number of halogens is 2. The van der Waals surface area contributed by atoms with E-state index in [2.05, 4.69) is 21.0 Å². The van der Waals surface area contributed by atoms with Gasteiger partial charge in [-0.15, -0.1) is 0 Å². The van der Waals surface area contributed by atoms with Crippen LogP contribution in [0.1, 0.15) is 30.0 Å². The van der Waals surface area contributed by atoms with Gasteiger partial charge in [0.15, 0.2) is 5.82 Å². The molecule has 4 amide bonds. The number of aryl methyl sites for hydroxylation is 1. The predicted octanol–water partition coefficient (Wildman–Crippen LogP) is 3.34. The number of nitrogens with one attached hydrogen (secondary N) is 4.